The molecule has 0 bridgehead atoms. The van der Waals surface area contributed by atoms with E-state index in [-0.39, 0.29) is 23.9 Å². The molecule has 2 amide bonds. The largest absolute Gasteiger partial charge is 0.495 e. The van der Waals surface area contributed by atoms with Crippen molar-refractivity contribution in [3.63, 3.8) is 0 Å². The lowest BCUT2D eigenvalue weighted by molar-refractivity contribution is -0.384. The van der Waals surface area contributed by atoms with E-state index in [1.807, 2.05) is 19.9 Å². The fourth-order valence-electron chi connectivity index (χ4n) is 3.09. The number of carbonyl (C=O) groups is 2. The summed E-state index contributed by atoms with van der Waals surface area (Å²) in [6.45, 7) is 4.09. The molecule has 9 nitrogen and oxygen atoms in total. The number of aryl methyl sites for hydroxylation is 1. The number of non-ortho nitro benzene ring substituents is 1. The van der Waals surface area contributed by atoms with Crippen LogP contribution < -0.4 is 10.1 Å². The molecule has 1 fully saturated rings. The highest BCUT2D eigenvalue weighted by Crippen LogP contribution is 2.33. The first-order valence-electron chi connectivity index (χ1n) is 9.58. The van der Waals surface area contributed by atoms with Gasteiger partial charge >= 0.3 is 0 Å². The molecule has 1 aliphatic rings. The van der Waals surface area contributed by atoms with Crippen molar-refractivity contribution in [2.75, 3.05) is 19.0 Å². The van der Waals surface area contributed by atoms with Gasteiger partial charge in [0.1, 0.15) is 11.0 Å². The van der Waals surface area contributed by atoms with Crippen molar-refractivity contribution in [3.8, 4) is 5.75 Å². The van der Waals surface area contributed by atoms with E-state index in [9.17, 15) is 19.7 Å². The van der Waals surface area contributed by atoms with Crippen LogP contribution in [0.4, 0.5) is 17.1 Å². The number of carbonyl (C=O) groups excluding carboxylic acids is 2. The van der Waals surface area contributed by atoms with Gasteiger partial charge in [0, 0.05) is 25.1 Å². The van der Waals surface area contributed by atoms with E-state index in [0.29, 0.717) is 28.8 Å². The van der Waals surface area contributed by atoms with Crippen LogP contribution in [-0.4, -0.2) is 45.7 Å². The average Bonchev–Trinajstić information content (AvgIpc) is 3.02. The summed E-state index contributed by atoms with van der Waals surface area (Å²) in [5, 5.41) is 13.6. The number of aliphatic imine (C=N–C) groups is 1. The third-order valence-electron chi connectivity index (χ3n) is 4.60. The lowest BCUT2D eigenvalue weighted by Gasteiger charge is -2.14. The number of amides is 2. The SMILES string of the molecule is CCN1C(=O)C(CC(=O)Nc2cc(C)ccc2OC)SC1=Nc1cccc([N+](=O)[O-])c1. The van der Waals surface area contributed by atoms with Crippen LogP contribution in [0.2, 0.25) is 0 Å². The van der Waals surface area contributed by atoms with Gasteiger partial charge in [0.25, 0.3) is 5.69 Å². The molecule has 1 unspecified atom stereocenters. The second-order valence-corrected chi connectivity index (χ2v) is 7.99. The lowest BCUT2D eigenvalue weighted by Crippen LogP contribution is -2.33. The zero-order valence-corrected chi connectivity index (χ0v) is 18.1. The summed E-state index contributed by atoms with van der Waals surface area (Å²) in [4.78, 5) is 41.8. The Labute approximate surface area is 183 Å². The summed E-state index contributed by atoms with van der Waals surface area (Å²) in [5.41, 5.74) is 1.80. The minimum absolute atomic E-state index is 0.0367. The Balaban J connectivity index is 1.75. The Morgan fingerprint density at radius 2 is 2.10 bits per heavy atom. The second kappa shape index (κ2) is 9.61. The minimum atomic E-state index is -0.631. The molecule has 0 aromatic heterocycles. The molecule has 2 aromatic carbocycles. The first-order chi connectivity index (χ1) is 14.8. The number of hydrogen-bond donors (Lipinski definition) is 1. The number of anilines is 1. The molecule has 0 radical (unpaired) electrons. The lowest BCUT2D eigenvalue weighted by atomic mass is 10.2. The first-order valence-corrected chi connectivity index (χ1v) is 10.5. The molecule has 1 saturated heterocycles. The van der Waals surface area contributed by atoms with Crippen molar-refractivity contribution < 1.29 is 19.2 Å². The fourth-order valence-corrected chi connectivity index (χ4v) is 4.31. The number of nitro benzene ring substituents is 1. The minimum Gasteiger partial charge on any atom is -0.495 e. The molecule has 0 spiro atoms. The molecule has 10 heteroatoms. The van der Waals surface area contributed by atoms with Gasteiger partial charge in [0.05, 0.1) is 23.4 Å². The maximum absolute atomic E-state index is 12.8. The number of ether oxygens (including phenoxy) is 1. The van der Waals surface area contributed by atoms with Gasteiger partial charge in [-0.05, 0) is 37.6 Å². The standard InChI is InChI=1S/C21H22N4O5S/c1-4-24-20(27)18(12-19(26)23-16-10-13(2)8-9-17(16)30-3)31-21(24)22-14-6-5-7-15(11-14)25(28)29/h5-11,18H,4,12H2,1-3H3,(H,23,26). The van der Waals surface area contributed by atoms with Crippen LogP contribution in [0.5, 0.6) is 5.75 Å². The van der Waals surface area contributed by atoms with Crippen LogP contribution in [0.3, 0.4) is 0 Å². The zero-order valence-electron chi connectivity index (χ0n) is 17.3. The highest BCUT2D eigenvalue weighted by Gasteiger charge is 2.38. The Morgan fingerprint density at radius 1 is 1.32 bits per heavy atom. The highest BCUT2D eigenvalue weighted by atomic mass is 32.2. The Bertz CT molecular complexity index is 1060. The third kappa shape index (κ3) is 5.21. The van der Waals surface area contributed by atoms with Gasteiger partial charge in [-0.3, -0.25) is 24.6 Å². The van der Waals surface area contributed by atoms with Gasteiger partial charge in [0.2, 0.25) is 11.8 Å². The van der Waals surface area contributed by atoms with E-state index in [1.165, 1.54) is 42.0 Å². The van der Waals surface area contributed by atoms with Crippen molar-refractivity contribution in [1.29, 1.82) is 0 Å². The van der Waals surface area contributed by atoms with Crippen LogP contribution in [0, 0.1) is 17.0 Å². The summed E-state index contributed by atoms with van der Waals surface area (Å²) in [5.74, 6) is -0.00194. The molecule has 3 rings (SSSR count). The number of rotatable bonds is 7. The number of nitrogens with one attached hydrogen (secondary N) is 1. The van der Waals surface area contributed by atoms with E-state index >= 15 is 0 Å². The topological polar surface area (TPSA) is 114 Å². The van der Waals surface area contributed by atoms with Gasteiger partial charge < -0.3 is 10.1 Å². The third-order valence-corrected chi connectivity index (χ3v) is 5.78. The van der Waals surface area contributed by atoms with Crippen molar-refractivity contribution in [1.82, 2.24) is 4.90 Å². The molecule has 1 heterocycles. The maximum atomic E-state index is 12.8. The van der Waals surface area contributed by atoms with Gasteiger partial charge in [-0.15, -0.1) is 0 Å². The Hall–Kier alpha value is -3.40. The van der Waals surface area contributed by atoms with E-state index in [4.69, 9.17) is 4.74 Å². The van der Waals surface area contributed by atoms with Gasteiger partial charge in [-0.1, -0.05) is 23.9 Å². The molecule has 162 valence electrons. The normalized spacial score (nSPS) is 17.1. The number of methoxy groups -OCH3 is 1. The smallest absolute Gasteiger partial charge is 0.271 e. The van der Waals surface area contributed by atoms with Crippen molar-refractivity contribution in [2.45, 2.75) is 25.5 Å². The molecular formula is C21H22N4O5S. The van der Waals surface area contributed by atoms with Crippen LogP contribution in [0.15, 0.2) is 47.5 Å². The molecule has 1 aliphatic heterocycles. The van der Waals surface area contributed by atoms with Crippen LogP contribution >= 0.6 is 11.8 Å². The molecule has 1 N–H and O–H groups in total. The molecule has 1 atom stereocenters. The average molecular weight is 442 g/mol. The summed E-state index contributed by atoms with van der Waals surface area (Å²) in [7, 11) is 1.52. The van der Waals surface area contributed by atoms with E-state index < -0.39 is 10.2 Å². The second-order valence-electron chi connectivity index (χ2n) is 6.82. The van der Waals surface area contributed by atoms with Crippen molar-refractivity contribution >= 4 is 45.8 Å². The zero-order chi connectivity index (χ0) is 22.5. The Kier molecular flexibility index (Phi) is 6.91. The van der Waals surface area contributed by atoms with Gasteiger partial charge in [-0.25, -0.2) is 4.99 Å². The number of nitro groups is 1. The molecule has 31 heavy (non-hydrogen) atoms. The van der Waals surface area contributed by atoms with E-state index in [1.54, 1.807) is 18.2 Å². The van der Waals surface area contributed by atoms with Crippen LogP contribution in [0.25, 0.3) is 0 Å². The number of hydrogen-bond acceptors (Lipinski definition) is 7. The monoisotopic (exact) mass is 442 g/mol. The first kappa shape index (κ1) is 22.3. The molecule has 2 aromatic rings. The van der Waals surface area contributed by atoms with Crippen LogP contribution in [-0.2, 0) is 9.59 Å². The summed E-state index contributed by atoms with van der Waals surface area (Å²) >= 11 is 1.18. The number of amidine groups is 1. The Morgan fingerprint density at radius 3 is 2.77 bits per heavy atom. The molecular weight excluding hydrogens is 420 g/mol. The van der Waals surface area contributed by atoms with Gasteiger partial charge in [-0.2, -0.15) is 0 Å². The van der Waals surface area contributed by atoms with Crippen molar-refractivity contribution in [3.05, 3.63) is 58.1 Å². The maximum Gasteiger partial charge on any atom is 0.271 e. The number of thioether (sulfide) groups is 1. The van der Waals surface area contributed by atoms with E-state index in [0.717, 1.165) is 5.56 Å². The van der Waals surface area contributed by atoms with E-state index in [2.05, 4.69) is 10.3 Å². The fraction of sp³-hybridized carbons (Fsp3) is 0.286. The number of nitrogens with zero attached hydrogens (tertiary/aromatic N) is 3. The predicted molar refractivity (Wildman–Crippen MR) is 120 cm³/mol. The molecule has 0 saturated carbocycles. The number of benzene rings is 2. The van der Waals surface area contributed by atoms with Gasteiger partial charge in [0.15, 0.2) is 5.17 Å². The predicted octanol–water partition coefficient (Wildman–Crippen LogP) is 3.89. The quantitative estimate of drug-likeness (QED) is 0.514. The van der Waals surface area contributed by atoms with Crippen LogP contribution in [0.1, 0.15) is 18.9 Å². The summed E-state index contributed by atoms with van der Waals surface area (Å²) < 4.78 is 5.27. The summed E-state index contributed by atoms with van der Waals surface area (Å²) in [6, 6.07) is 11.3. The van der Waals surface area contributed by atoms with Crippen molar-refractivity contribution in [2.24, 2.45) is 4.99 Å². The highest BCUT2D eigenvalue weighted by molar-refractivity contribution is 8.15. The molecule has 0 aliphatic carbocycles. The summed E-state index contributed by atoms with van der Waals surface area (Å²) in [6.07, 6.45) is -0.0367.